The van der Waals surface area contributed by atoms with Crippen LogP contribution in [0.25, 0.3) is 0 Å². The quantitative estimate of drug-likeness (QED) is 0.656. The first kappa shape index (κ1) is 10.0. The molecule has 1 fully saturated rings. The minimum absolute atomic E-state index is 0.0903. The summed E-state index contributed by atoms with van der Waals surface area (Å²) in [7, 11) is 0. The van der Waals surface area contributed by atoms with Gasteiger partial charge in [-0.15, -0.1) is 0 Å². The van der Waals surface area contributed by atoms with Crippen molar-refractivity contribution in [3.05, 3.63) is 0 Å². The first-order chi connectivity index (χ1) is 6.13. The van der Waals surface area contributed by atoms with Gasteiger partial charge in [0.25, 0.3) is 0 Å². The lowest BCUT2D eigenvalue weighted by Gasteiger charge is -2.30. The lowest BCUT2D eigenvalue weighted by molar-refractivity contribution is -0.126. The minimum atomic E-state index is -0.278. The molecule has 74 valence electrons. The largest absolute Gasteiger partial charge is 0.370 e. The first-order valence-electron chi connectivity index (χ1n) is 4.71. The molecule has 0 spiro atoms. The lowest BCUT2D eigenvalue weighted by Crippen LogP contribution is -2.45. The van der Waals surface area contributed by atoms with Crippen LogP contribution in [0.15, 0.2) is 0 Å². The number of hydrogen-bond donors (Lipinski definition) is 2. The number of primary amides is 1. The van der Waals surface area contributed by atoms with E-state index in [9.17, 15) is 9.59 Å². The van der Waals surface area contributed by atoms with E-state index in [1.165, 1.54) is 0 Å². The lowest BCUT2D eigenvalue weighted by atomic mass is 9.86. The zero-order valence-electron chi connectivity index (χ0n) is 7.88. The predicted molar refractivity (Wildman–Crippen MR) is 48.8 cm³/mol. The van der Waals surface area contributed by atoms with E-state index in [2.05, 4.69) is 5.32 Å². The molecule has 2 amide bonds. The van der Waals surface area contributed by atoms with Gasteiger partial charge in [0.2, 0.25) is 11.8 Å². The molecule has 0 bridgehead atoms. The van der Waals surface area contributed by atoms with Crippen LogP contribution in [0.5, 0.6) is 0 Å². The van der Waals surface area contributed by atoms with Gasteiger partial charge in [0.05, 0.1) is 0 Å². The van der Waals surface area contributed by atoms with Gasteiger partial charge >= 0.3 is 0 Å². The number of hydrogen-bond acceptors (Lipinski definition) is 2. The van der Waals surface area contributed by atoms with Crippen LogP contribution >= 0.6 is 0 Å². The Kier molecular flexibility index (Phi) is 3.28. The standard InChI is InChI=1S/C9H16N2O2/c1-2-7-6(5-8(10)12)3-4-9(13)11-7/h6-7H,2-5H2,1H3,(H2,10,12)(H,11,13)/t6-,7-/m1/s1. The zero-order valence-corrected chi connectivity index (χ0v) is 7.88. The van der Waals surface area contributed by atoms with Crippen molar-refractivity contribution in [2.24, 2.45) is 11.7 Å². The fraction of sp³-hybridized carbons (Fsp3) is 0.778. The van der Waals surface area contributed by atoms with Crippen LogP contribution in [-0.4, -0.2) is 17.9 Å². The van der Waals surface area contributed by atoms with Crippen molar-refractivity contribution in [1.82, 2.24) is 5.32 Å². The van der Waals surface area contributed by atoms with E-state index in [0.29, 0.717) is 12.8 Å². The van der Waals surface area contributed by atoms with E-state index >= 15 is 0 Å². The molecule has 4 heteroatoms. The third kappa shape index (κ3) is 2.72. The number of carbonyl (C=O) groups is 2. The van der Waals surface area contributed by atoms with E-state index < -0.39 is 0 Å². The summed E-state index contributed by atoms with van der Waals surface area (Å²) in [6, 6.07) is 0.133. The monoisotopic (exact) mass is 184 g/mol. The number of piperidine rings is 1. The average Bonchev–Trinajstić information content (AvgIpc) is 2.07. The number of nitrogens with one attached hydrogen (secondary N) is 1. The molecule has 0 aromatic heterocycles. The second-order valence-electron chi connectivity index (χ2n) is 3.55. The predicted octanol–water partition coefficient (Wildman–Crippen LogP) is 0.167. The molecule has 3 N–H and O–H groups in total. The molecule has 2 atom stereocenters. The van der Waals surface area contributed by atoms with Gasteiger partial charge < -0.3 is 11.1 Å². The van der Waals surface area contributed by atoms with Crippen LogP contribution in [-0.2, 0) is 9.59 Å². The molecule has 0 aromatic carbocycles. The highest BCUT2D eigenvalue weighted by Crippen LogP contribution is 2.22. The van der Waals surface area contributed by atoms with Crippen molar-refractivity contribution in [1.29, 1.82) is 0 Å². The van der Waals surface area contributed by atoms with Gasteiger partial charge in [-0.25, -0.2) is 0 Å². The number of carbonyl (C=O) groups excluding carboxylic acids is 2. The van der Waals surface area contributed by atoms with Crippen LogP contribution in [0.3, 0.4) is 0 Å². The third-order valence-electron chi connectivity index (χ3n) is 2.56. The van der Waals surface area contributed by atoms with Crippen LogP contribution in [0.1, 0.15) is 32.6 Å². The highest BCUT2D eigenvalue weighted by Gasteiger charge is 2.28. The Hall–Kier alpha value is -1.06. The van der Waals surface area contributed by atoms with Gasteiger partial charge in [-0.1, -0.05) is 6.92 Å². The van der Waals surface area contributed by atoms with Gasteiger partial charge in [0, 0.05) is 18.9 Å². The van der Waals surface area contributed by atoms with Crippen LogP contribution in [0.2, 0.25) is 0 Å². The Morgan fingerprint density at radius 2 is 2.38 bits per heavy atom. The Bertz CT molecular complexity index is 216. The second kappa shape index (κ2) is 4.25. The van der Waals surface area contributed by atoms with Crippen molar-refractivity contribution in [3.63, 3.8) is 0 Å². The van der Waals surface area contributed by atoms with Crippen molar-refractivity contribution < 1.29 is 9.59 Å². The fourth-order valence-corrected chi connectivity index (χ4v) is 1.85. The van der Waals surface area contributed by atoms with Crippen molar-refractivity contribution >= 4 is 11.8 Å². The normalized spacial score (nSPS) is 28.2. The molecule has 0 saturated carbocycles. The molecule has 0 radical (unpaired) electrons. The summed E-state index contributed by atoms with van der Waals surface area (Å²) in [6.45, 7) is 2.00. The van der Waals surface area contributed by atoms with Gasteiger partial charge in [0.1, 0.15) is 0 Å². The topological polar surface area (TPSA) is 72.2 Å². The summed E-state index contributed by atoms with van der Waals surface area (Å²) >= 11 is 0. The van der Waals surface area contributed by atoms with Gasteiger partial charge in [0.15, 0.2) is 0 Å². The van der Waals surface area contributed by atoms with E-state index in [1.54, 1.807) is 0 Å². The Balaban J connectivity index is 2.52. The highest BCUT2D eigenvalue weighted by molar-refractivity contribution is 5.78. The van der Waals surface area contributed by atoms with E-state index in [1.807, 2.05) is 6.92 Å². The molecule has 1 aliphatic heterocycles. The molecule has 1 saturated heterocycles. The maximum absolute atomic E-state index is 11.0. The Labute approximate surface area is 77.9 Å². The van der Waals surface area contributed by atoms with Crippen LogP contribution in [0, 0.1) is 5.92 Å². The number of nitrogens with two attached hydrogens (primary N) is 1. The van der Waals surface area contributed by atoms with Gasteiger partial charge in [-0.3, -0.25) is 9.59 Å². The molecule has 4 nitrogen and oxygen atoms in total. The number of amides is 2. The number of rotatable bonds is 3. The van der Waals surface area contributed by atoms with Gasteiger partial charge in [-0.05, 0) is 18.8 Å². The molecule has 0 unspecified atom stereocenters. The first-order valence-corrected chi connectivity index (χ1v) is 4.71. The minimum Gasteiger partial charge on any atom is -0.370 e. The molecule has 0 aromatic rings. The molecule has 13 heavy (non-hydrogen) atoms. The summed E-state index contributed by atoms with van der Waals surface area (Å²) < 4.78 is 0. The highest BCUT2D eigenvalue weighted by atomic mass is 16.2. The van der Waals surface area contributed by atoms with E-state index in [4.69, 9.17) is 5.73 Å². The van der Waals surface area contributed by atoms with E-state index in [0.717, 1.165) is 12.8 Å². The molecule has 1 aliphatic rings. The van der Waals surface area contributed by atoms with E-state index in [-0.39, 0.29) is 23.8 Å². The summed E-state index contributed by atoms with van der Waals surface area (Å²) in [6.07, 6.45) is 2.56. The fourth-order valence-electron chi connectivity index (χ4n) is 1.85. The summed E-state index contributed by atoms with van der Waals surface area (Å²) in [5.41, 5.74) is 5.12. The van der Waals surface area contributed by atoms with Gasteiger partial charge in [-0.2, -0.15) is 0 Å². The maximum Gasteiger partial charge on any atom is 0.220 e. The maximum atomic E-state index is 11.0. The Morgan fingerprint density at radius 1 is 1.69 bits per heavy atom. The third-order valence-corrected chi connectivity index (χ3v) is 2.56. The SMILES string of the molecule is CC[C@H]1NC(=O)CC[C@@H]1CC(N)=O. The molecule has 0 aliphatic carbocycles. The van der Waals surface area contributed by atoms with Crippen LogP contribution in [0.4, 0.5) is 0 Å². The summed E-state index contributed by atoms with van der Waals surface area (Å²) in [5.74, 6) is 0.0485. The van der Waals surface area contributed by atoms with Crippen molar-refractivity contribution in [2.45, 2.75) is 38.6 Å². The molecule has 1 heterocycles. The Morgan fingerprint density at radius 3 is 2.92 bits per heavy atom. The zero-order chi connectivity index (χ0) is 9.84. The van der Waals surface area contributed by atoms with Crippen LogP contribution < -0.4 is 11.1 Å². The molecule has 1 rings (SSSR count). The summed E-state index contributed by atoms with van der Waals surface area (Å²) in [4.78, 5) is 21.8. The van der Waals surface area contributed by atoms with Crippen molar-refractivity contribution in [2.75, 3.05) is 0 Å². The smallest absolute Gasteiger partial charge is 0.220 e. The molecular formula is C9H16N2O2. The van der Waals surface area contributed by atoms with Crippen molar-refractivity contribution in [3.8, 4) is 0 Å². The molecular weight excluding hydrogens is 168 g/mol. The average molecular weight is 184 g/mol. The second-order valence-corrected chi connectivity index (χ2v) is 3.55. The summed E-state index contributed by atoms with van der Waals surface area (Å²) in [5, 5.41) is 2.87.